The summed E-state index contributed by atoms with van der Waals surface area (Å²) in [6, 6.07) is 0. The van der Waals surface area contributed by atoms with Gasteiger partial charge in [0.25, 0.3) is 0 Å². The van der Waals surface area contributed by atoms with Gasteiger partial charge in [-0.15, -0.1) is 0 Å². The van der Waals surface area contributed by atoms with E-state index in [2.05, 4.69) is 23.9 Å². The molecule has 1 saturated heterocycles. The summed E-state index contributed by atoms with van der Waals surface area (Å²) in [7, 11) is 2.18. The average Bonchev–Trinajstić information content (AvgIpc) is 2.15. The van der Waals surface area contributed by atoms with Crippen molar-refractivity contribution < 1.29 is 0 Å². The lowest BCUT2D eigenvalue weighted by molar-refractivity contribution is 0.238. The summed E-state index contributed by atoms with van der Waals surface area (Å²) in [4.78, 5) is 6.51. The van der Waals surface area contributed by atoms with E-state index < -0.39 is 0 Å². The monoisotopic (exact) mass is 195 g/mol. The van der Waals surface area contributed by atoms with Gasteiger partial charge in [-0.3, -0.25) is 0 Å². The Morgan fingerprint density at radius 1 is 1.36 bits per heavy atom. The highest BCUT2D eigenvalue weighted by atomic mass is 15.1. The number of hydrogen-bond acceptors (Lipinski definition) is 2. The largest absolute Gasteiger partial charge is 0.387 e. The fraction of sp³-hybridized carbons (Fsp3) is 0.727. The van der Waals surface area contributed by atoms with Crippen LogP contribution in [-0.2, 0) is 0 Å². The lowest BCUT2D eigenvalue weighted by atomic mass is 9.91. The van der Waals surface area contributed by atoms with E-state index in [0.717, 1.165) is 0 Å². The third-order valence-corrected chi connectivity index (χ3v) is 2.83. The van der Waals surface area contributed by atoms with E-state index >= 15 is 0 Å². The first kappa shape index (κ1) is 11.2. The van der Waals surface area contributed by atoms with Gasteiger partial charge in [-0.05, 0) is 52.7 Å². The zero-order valence-electron chi connectivity index (χ0n) is 9.45. The van der Waals surface area contributed by atoms with Crippen LogP contribution < -0.4 is 5.73 Å². The van der Waals surface area contributed by atoms with Gasteiger partial charge in [-0.1, -0.05) is 5.57 Å². The summed E-state index contributed by atoms with van der Waals surface area (Å²) >= 11 is 0. The molecule has 1 heterocycles. The first-order chi connectivity index (χ1) is 6.59. The molecule has 2 N–H and O–H groups in total. The van der Waals surface area contributed by atoms with Crippen LogP contribution in [0.4, 0.5) is 0 Å². The zero-order valence-corrected chi connectivity index (χ0v) is 9.45. The fourth-order valence-electron chi connectivity index (χ4n) is 1.77. The highest BCUT2D eigenvalue weighted by molar-refractivity contribution is 5.78. The minimum Gasteiger partial charge on any atom is -0.387 e. The molecule has 0 amide bonds. The zero-order chi connectivity index (χ0) is 10.6. The molecule has 3 heteroatoms. The second-order valence-corrected chi connectivity index (χ2v) is 4.22. The van der Waals surface area contributed by atoms with Gasteiger partial charge in [0.2, 0.25) is 0 Å². The van der Waals surface area contributed by atoms with Crippen LogP contribution in [0.2, 0.25) is 0 Å². The predicted molar refractivity (Wildman–Crippen MR) is 61.3 cm³/mol. The molecule has 0 spiro atoms. The van der Waals surface area contributed by atoms with Crippen molar-refractivity contribution in [2.24, 2.45) is 16.6 Å². The fourth-order valence-corrected chi connectivity index (χ4v) is 1.77. The van der Waals surface area contributed by atoms with Gasteiger partial charge in [0.15, 0.2) is 0 Å². The molecule has 0 atom stereocenters. The van der Waals surface area contributed by atoms with E-state index in [4.69, 9.17) is 5.73 Å². The minimum atomic E-state index is 0.636. The molecule has 3 nitrogen and oxygen atoms in total. The highest BCUT2D eigenvalue weighted by Gasteiger charge is 2.17. The smallest absolute Gasteiger partial charge is 0.0957 e. The summed E-state index contributed by atoms with van der Waals surface area (Å²) in [5, 5.41) is 0. The molecular weight excluding hydrogens is 174 g/mol. The molecular formula is C11H21N3. The Balaban J connectivity index is 2.49. The quantitative estimate of drug-likeness (QED) is 0.537. The molecule has 14 heavy (non-hydrogen) atoms. The third kappa shape index (κ3) is 3.50. The number of amidine groups is 1. The van der Waals surface area contributed by atoms with Crippen molar-refractivity contribution in [1.82, 2.24) is 4.90 Å². The van der Waals surface area contributed by atoms with E-state index in [1.165, 1.54) is 31.5 Å². The maximum atomic E-state index is 5.49. The molecule has 1 rings (SSSR count). The Kier molecular flexibility index (Phi) is 4.14. The summed E-state index contributed by atoms with van der Waals surface area (Å²) in [5.74, 6) is 1.34. The average molecular weight is 195 g/mol. The Bertz CT molecular complexity index is 231. The maximum Gasteiger partial charge on any atom is 0.0957 e. The van der Waals surface area contributed by atoms with Crippen LogP contribution in [0, 0.1) is 5.92 Å². The first-order valence-corrected chi connectivity index (χ1v) is 5.24. The number of likely N-dealkylation sites (tertiary alicyclic amines) is 1. The number of allylic oxidation sites excluding steroid dienone is 1. The molecule has 0 aromatic carbocycles. The Labute approximate surface area is 86.7 Å². The minimum absolute atomic E-state index is 0.636. The van der Waals surface area contributed by atoms with Crippen molar-refractivity contribution in [3.05, 3.63) is 11.8 Å². The second-order valence-electron chi connectivity index (χ2n) is 4.22. The molecule has 0 aromatic heterocycles. The number of hydrogen-bond donors (Lipinski definition) is 1. The molecule has 0 bridgehead atoms. The Hall–Kier alpha value is -0.830. The van der Waals surface area contributed by atoms with E-state index in [-0.39, 0.29) is 0 Å². The summed E-state index contributed by atoms with van der Waals surface area (Å²) in [5.41, 5.74) is 6.85. The molecule has 0 unspecified atom stereocenters. The lowest BCUT2D eigenvalue weighted by Crippen LogP contribution is -2.30. The van der Waals surface area contributed by atoms with Gasteiger partial charge < -0.3 is 10.6 Å². The van der Waals surface area contributed by atoms with Gasteiger partial charge in [0.1, 0.15) is 0 Å². The van der Waals surface area contributed by atoms with Crippen LogP contribution in [-0.4, -0.2) is 30.9 Å². The van der Waals surface area contributed by atoms with Gasteiger partial charge in [0, 0.05) is 6.20 Å². The number of nitrogens with two attached hydrogens (primary N) is 1. The molecule has 0 saturated carbocycles. The molecule has 1 fully saturated rings. The van der Waals surface area contributed by atoms with Crippen LogP contribution >= 0.6 is 0 Å². The maximum absolute atomic E-state index is 5.49. The summed E-state index contributed by atoms with van der Waals surface area (Å²) in [6.07, 6.45) is 4.42. The van der Waals surface area contributed by atoms with Gasteiger partial charge >= 0.3 is 0 Å². The Morgan fingerprint density at radius 2 is 1.93 bits per heavy atom. The van der Waals surface area contributed by atoms with Crippen LogP contribution in [0.15, 0.2) is 16.8 Å². The number of piperidine rings is 1. The molecule has 0 radical (unpaired) electrons. The third-order valence-electron chi connectivity index (χ3n) is 2.83. The van der Waals surface area contributed by atoms with Gasteiger partial charge in [-0.25, -0.2) is 4.99 Å². The van der Waals surface area contributed by atoms with Crippen molar-refractivity contribution in [3.8, 4) is 0 Å². The molecule has 80 valence electrons. The van der Waals surface area contributed by atoms with E-state index in [1.54, 1.807) is 0 Å². The predicted octanol–water partition coefficient (Wildman–Crippen LogP) is 1.61. The normalized spacial score (nSPS) is 22.8. The van der Waals surface area contributed by atoms with Crippen molar-refractivity contribution >= 4 is 5.84 Å². The van der Waals surface area contributed by atoms with Gasteiger partial charge in [0.05, 0.1) is 5.84 Å². The van der Waals surface area contributed by atoms with Crippen LogP contribution in [0.1, 0.15) is 26.7 Å². The lowest BCUT2D eigenvalue weighted by Gasteiger charge is -2.29. The molecule has 0 aromatic rings. The topological polar surface area (TPSA) is 41.6 Å². The van der Waals surface area contributed by atoms with Crippen molar-refractivity contribution in [2.75, 3.05) is 20.1 Å². The number of nitrogens with zero attached hydrogens (tertiary/aromatic N) is 2. The first-order valence-electron chi connectivity index (χ1n) is 5.24. The second kappa shape index (κ2) is 5.15. The Morgan fingerprint density at radius 3 is 2.43 bits per heavy atom. The summed E-state index contributed by atoms with van der Waals surface area (Å²) < 4.78 is 0. The molecule has 1 aliphatic heterocycles. The standard InChI is InChI=1S/C11H21N3/c1-9(8-13-10(2)12)11-4-6-14(3)7-5-11/h8,11H,4-7H2,1-3H3,(H2,12,13)/b9-8+. The highest BCUT2D eigenvalue weighted by Crippen LogP contribution is 2.23. The van der Waals surface area contributed by atoms with E-state index in [1.807, 2.05) is 13.1 Å². The van der Waals surface area contributed by atoms with Crippen LogP contribution in [0.25, 0.3) is 0 Å². The number of rotatable bonds is 2. The van der Waals surface area contributed by atoms with E-state index in [0.29, 0.717) is 11.8 Å². The van der Waals surface area contributed by atoms with Crippen LogP contribution in [0.3, 0.4) is 0 Å². The van der Waals surface area contributed by atoms with Crippen molar-refractivity contribution in [1.29, 1.82) is 0 Å². The van der Waals surface area contributed by atoms with Crippen LogP contribution in [0.5, 0.6) is 0 Å². The SMILES string of the molecule is CC(N)=N/C=C(\C)C1CCN(C)CC1. The van der Waals surface area contributed by atoms with Crippen molar-refractivity contribution in [3.63, 3.8) is 0 Å². The summed E-state index contributed by atoms with van der Waals surface area (Å²) in [6.45, 7) is 6.36. The molecule has 1 aliphatic rings. The van der Waals surface area contributed by atoms with Crippen molar-refractivity contribution in [2.45, 2.75) is 26.7 Å². The van der Waals surface area contributed by atoms with E-state index in [9.17, 15) is 0 Å². The number of aliphatic imine (C=N–C) groups is 1. The van der Waals surface area contributed by atoms with Gasteiger partial charge in [-0.2, -0.15) is 0 Å². The molecule has 0 aliphatic carbocycles.